The van der Waals surface area contributed by atoms with E-state index >= 15 is 0 Å². The molecule has 0 aliphatic rings. The van der Waals surface area contributed by atoms with Gasteiger partial charge in [-0.15, -0.1) is 0 Å². The van der Waals surface area contributed by atoms with Crippen LogP contribution in [0.2, 0.25) is 0 Å². The van der Waals surface area contributed by atoms with Gasteiger partial charge in [-0.1, -0.05) is 13.8 Å². The largest absolute Gasteiger partial charge is 0.348 e. The van der Waals surface area contributed by atoms with Crippen molar-refractivity contribution in [1.82, 2.24) is 10.2 Å². The Labute approximate surface area is 68.8 Å². The van der Waals surface area contributed by atoms with Gasteiger partial charge in [0.05, 0.1) is 0 Å². The van der Waals surface area contributed by atoms with E-state index in [0.29, 0.717) is 0 Å². The van der Waals surface area contributed by atoms with Crippen molar-refractivity contribution in [3.05, 3.63) is 0 Å². The predicted octanol–water partition coefficient (Wildman–Crippen LogP) is 0.375. The average Bonchev–Trinajstić information content (AvgIpc) is 2.05. The summed E-state index contributed by atoms with van der Waals surface area (Å²) in [5.41, 5.74) is 0. The Bertz CT molecular complexity index is 92.1. The molecule has 1 N–H and O–H groups in total. The van der Waals surface area contributed by atoms with Crippen molar-refractivity contribution in [2.75, 3.05) is 26.2 Å². The van der Waals surface area contributed by atoms with E-state index in [0.717, 1.165) is 32.6 Å². The van der Waals surface area contributed by atoms with E-state index in [1.54, 1.807) is 6.41 Å². The highest BCUT2D eigenvalue weighted by Crippen LogP contribution is 1.88. The third kappa shape index (κ3) is 5.85. The van der Waals surface area contributed by atoms with Gasteiger partial charge in [0.2, 0.25) is 0 Å². The van der Waals surface area contributed by atoms with Gasteiger partial charge in [-0.2, -0.15) is 0 Å². The second kappa shape index (κ2) is 7.54. The standard InChI is InChI=1S/C8H17N2O/c1-3-10(4-2)7-5-6-9-8-11/h3-7H2,1-2H3,(H,9,11). The lowest BCUT2D eigenvalue weighted by molar-refractivity contribution is 0.300. The Morgan fingerprint density at radius 2 is 2.00 bits per heavy atom. The lowest BCUT2D eigenvalue weighted by atomic mass is 10.3. The summed E-state index contributed by atoms with van der Waals surface area (Å²) in [5.74, 6) is 0. The summed E-state index contributed by atoms with van der Waals surface area (Å²) in [5, 5.41) is 2.52. The van der Waals surface area contributed by atoms with Gasteiger partial charge in [0.25, 0.3) is 0 Å². The van der Waals surface area contributed by atoms with Crippen LogP contribution in [-0.2, 0) is 4.79 Å². The number of rotatable bonds is 7. The van der Waals surface area contributed by atoms with E-state index < -0.39 is 0 Å². The smallest absolute Gasteiger partial charge is 0.309 e. The second-order valence-electron chi connectivity index (χ2n) is 2.41. The zero-order chi connectivity index (χ0) is 8.53. The van der Waals surface area contributed by atoms with Crippen molar-refractivity contribution in [3.63, 3.8) is 0 Å². The normalized spacial score (nSPS) is 10.1. The highest BCUT2D eigenvalue weighted by molar-refractivity contribution is 5.46. The van der Waals surface area contributed by atoms with Crippen LogP contribution in [0.15, 0.2) is 0 Å². The van der Waals surface area contributed by atoms with Crippen LogP contribution in [-0.4, -0.2) is 37.5 Å². The summed E-state index contributed by atoms with van der Waals surface area (Å²) in [7, 11) is 0. The molecule has 0 bridgehead atoms. The first-order valence-electron chi connectivity index (χ1n) is 4.17. The number of hydrogen-bond acceptors (Lipinski definition) is 2. The van der Waals surface area contributed by atoms with Crippen LogP contribution in [0.5, 0.6) is 0 Å². The minimum Gasteiger partial charge on any atom is -0.348 e. The molecule has 1 amide bonds. The first-order chi connectivity index (χ1) is 5.35. The molecule has 0 saturated carbocycles. The molecule has 3 nitrogen and oxygen atoms in total. The van der Waals surface area contributed by atoms with Crippen LogP contribution in [0.4, 0.5) is 0 Å². The highest BCUT2D eigenvalue weighted by Gasteiger charge is 1.96. The SMILES string of the molecule is CCN(CC)CCCN[C]=O. The van der Waals surface area contributed by atoms with Gasteiger partial charge >= 0.3 is 6.41 Å². The maximum Gasteiger partial charge on any atom is 0.309 e. The van der Waals surface area contributed by atoms with Gasteiger partial charge in [0.15, 0.2) is 0 Å². The lowest BCUT2D eigenvalue weighted by Crippen LogP contribution is -2.26. The Morgan fingerprint density at radius 3 is 2.45 bits per heavy atom. The molecule has 0 aliphatic carbocycles. The minimum absolute atomic E-state index is 0.736. The maximum absolute atomic E-state index is 9.74. The summed E-state index contributed by atoms with van der Waals surface area (Å²) < 4.78 is 0. The third-order valence-electron chi connectivity index (χ3n) is 1.74. The molecule has 0 atom stereocenters. The summed E-state index contributed by atoms with van der Waals surface area (Å²) >= 11 is 0. The maximum atomic E-state index is 9.74. The van der Waals surface area contributed by atoms with Gasteiger partial charge in [0, 0.05) is 6.54 Å². The van der Waals surface area contributed by atoms with Crippen LogP contribution in [0.1, 0.15) is 20.3 Å². The zero-order valence-corrected chi connectivity index (χ0v) is 7.39. The summed E-state index contributed by atoms with van der Waals surface area (Å²) in [6.07, 6.45) is 2.67. The molecule has 0 saturated heterocycles. The Morgan fingerprint density at radius 1 is 1.36 bits per heavy atom. The molecule has 0 aromatic heterocycles. The predicted molar refractivity (Wildman–Crippen MR) is 46.1 cm³/mol. The molecule has 0 aromatic carbocycles. The van der Waals surface area contributed by atoms with Gasteiger partial charge in [-0.3, -0.25) is 4.79 Å². The number of nitrogens with one attached hydrogen (secondary N) is 1. The van der Waals surface area contributed by atoms with E-state index in [-0.39, 0.29) is 0 Å². The quantitative estimate of drug-likeness (QED) is 0.428. The van der Waals surface area contributed by atoms with Crippen molar-refractivity contribution in [2.45, 2.75) is 20.3 Å². The average molecular weight is 157 g/mol. The third-order valence-corrected chi connectivity index (χ3v) is 1.74. The van der Waals surface area contributed by atoms with E-state index in [2.05, 4.69) is 24.1 Å². The number of carbonyl (C=O) groups excluding carboxylic acids is 1. The van der Waals surface area contributed by atoms with Gasteiger partial charge in [-0.25, -0.2) is 0 Å². The zero-order valence-electron chi connectivity index (χ0n) is 7.39. The summed E-state index contributed by atoms with van der Waals surface area (Å²) in [6.45, 7) is 8.25. The Balaban J connectivity index is 3.13. The van der Waals surface area contributed by atoms with Gasteiger partial charge in [-0.05, 0) is 26.1 Å². The van der Waals surface area contributed by atoms with Crippen molar-refractivity contribution in [3.8, 4) is 0 Å². The van der Waals surface area contributed by atoms with Crippen LogP contribution in [0.3, 0.4) is 0 Å². The molecular weight excluding hydrogens is 140 g/mol. The molecule has 11 heavy (non-hydrogen) atoms. The van der Waals surface area contributed by atoms with E-state index in [9.17, 15) is 4.79 Å². The van der Waals surface area contributed by atoms with Crippen LogP contribution < -0.4 is 5.32 Å². The van der Waals surface area contributed by atoms with Crippen molar-refractivity contribution in [2.24, 2.45) is 0 Å². The van der Waals surface area contributed by atoms with Crippen LogP contribution in [0, 0.1) is 0 Å². The topological polar surface area (TPSA) is 32.3 Å². The van der Waals surface area contributed by atoms with Gasteiger partial charge in [0.1, 0.15) is 0 Å². The summed E-state index contributed by atoms with van der Waals surface area (Å²) in [4.78, 5) is 12.1. The van der Waals surface area contributed by atoms with Crippen molar-refractivity contribution < 1.29 is 4.79 Å². The minimum atomic E-state index is 0.736. The first-order valence-corrected chi connectivity index (χ1v) is 4.17. The number of nitrogens with zero attached hydrogens (tertiary/aromatic N) is 1. The highest BCUT2D eigenvalue weighted by atomic mass is 16.1. The molecule has 0 spiro atoms. The fourth-order valence-electron chi connectivity index (χ4n) is 0.982. The van der Waals surface area contributed by atoms with E-state index in [1.165, 1.54) is 0 Å². The molecule has 0 aromatic rings. The number of hydrogen-bond donors (Lipinski definition) is 1. The fourth-order valence-corrected chi connectivity index (χ4v) is 0.982. The first kappa shape index (κ1) is 10.4. The molecular formula is C8H17N2O. The monoisotopic (exact) mass is 157 g/mol. The lowest BCUT2D eigenvalue weighted by Gasteiger charge is -2.16. The molecule has 65 valence electrons. The molecule has 0 rings (SSSR count). The van der Waals surface area contributed by atoms with Crippen LogP contribution >= 0.6 is 0 Å². The number of amides is 1. The molecule has 1 radical (unpaired) electrons. The van der Waals surface area contributed by atoms with E-state index in [4.69, 9.17) is 0 Å². The second-order valence-corrected chi connectivity index (χ2v) is 2.41. The molecule has 3 heteroatoms. The summed E-state index contributed by atoms with van der Waals surface area (Å²) in [6, 6.07) is 0. The molecule has 0 heterocycles. The fraction of sp³-hybridized carbons (Fsp3) is 0.875. The Kier molecular flexibility index (Phi) is 7.15. The Hall–Kier alpha value is -0.570. The van der Waals surface area contributed by atoms with E-state index in [1.807, 2.05) is 0 Å². The van der Waals surface area contributed by atoms with Gasteiger partial charge < -0.3 is 10.2 Å². The van der Waals surface area contributed by atoms with Crippen LogP contribution in [0.25, 0.3) is 0 Å². The van der Waals surface area contributed by atoms with Crippen molar-refractivity contribution >= 4 is 6.41 Å². The molecule has 0 unspecified atom stereocenters. The van der Waals surface area contributed by atoms with Crippen molar-refractivity contribution in [1.29, 1.82) is 0 Å². The molecule has 0 aliphatic heterocycles. The molecule has 0 fully saturated rings.